The molecular weight excluding hydrogens is 196 g/mol. The van der Waals surface area contributed by atoms with Crippen molar-refractivity contribution in [1.29, 1.82) is 0 Å². The van der Waals surface area contributed by atoms with Crippen LogP contribution in [-0.4, -0.2) is 12.7 Å². The molecule has 16 heavy (non-hydrogen) atoms. The molecule has 0 atom stereocenters. The highest BCUT2D eigenvalue weighted by atomic mass is 16.5. The zero-order valence-corrected chi connectivity index (χ0v) is 12.4. The summed E-state index contributed by atoms with van der Waals surface area (Å²) in [5.41, 5.74) is 0.253. The fourth-order valence-electron chi connectivity index (χ4n) is 1.92. The molecule has 0 aliphatic heterocycles. The highest BCUT2D eigenvalue weighted by Gasteiger charge is 2.36. The molecule has 0 spiro atoms. The van der Waals surface area contributed by atoms with Crippen molar-refractivity contribution < 1.29 is 4.74 Å². The first-order chi connectivity index (χ1) is 7.37. The molecule has 0 aromatic heterocycles. The lowest BCUT2D eigenvalue weighted by Gasteiger charge is -2.40. The fraction of sp³-hybridized carbons (Fsp3) is 1.00. The minimum Gasteiger partial charge on any atom is -0.378 e. The Labute approximate surface area is 103 Å². The van der Waals surface area contributed by atoms with Gasteiger partial charge in [0.25, 0.3) is 0 Å². The van der Waals surface area contributed by atoms with E-state index in [1.165, 1.54) is 44.9 Å². The SMILES string of the molecule is CCCCCCCCC(C)(C)C(C)(C)OC. The second kappa shape index (κ2) is 7.32. The summed E-state index contributed by atoms with van der Waals surface area (Å²) in [7, 11) is 1.82. The molecule has 0 fully saturated rings. The molecule has 0 aliphatic rings. The van der Waals surface area contributed by atoms with Gasteiger partial charge in [-0.1, -0.05) is 59.3 Å². The summed E-state index contributed by atoms with van der Waals surface area (Å²) < 4.78 is 5.60. The lowest BCUT2D eigenvalue weighted by atomic mass is 9.73. The number of rotatable bonds is 9. The Hall–Kier alpha value is -0.0400. The molecule has 0 N–H and O–H groups in total. The molecule has 0 rings (SSSR count). The maximum Gasteiger partial charge on any atom is 0.0673 e. The van der Waals surface area contributed by atoms with Gasteiger partial charge in [-0.15, -0.1) is 0 Å². The van der Waals surface area contributed by atoms with Gasteiger partial charge in [-0.2, -0.15) is 0 Å². The third-order valence-corrected chi connectivity index (χ3v) is 4.30. The van der Waals surface area contributed by atoms with E-state index in [0.717, 1.165) is 0 Å². The van der Waals surface area contributed by atoms with Gasteiger partial charge < -0.3 is 4.74 Å². The quantitative estimate of drug-likeness (QED) is 0.494. The monoisotopic (exact) mass is 228 g/mol. The molecule has 0 saturated carbocycles. The molecular formula is C15H32O. The summed E-state index contributed by atoms with van der Waals surface area (Å²) in [6.07, 6.45) is 9.52. The molecule has 1 heteroatoms. The molecule has 98 valence electrons. The van der Waals surface area contributed by atoms with E-state index in [0.29, 0.717) is 0 Å². The van der Waals surface area contributed by atoms with Gasteiger partial charge in [0.1, 0.15) is 0 Å². The molecule has 0 aromatic rings. The number of unbranched alkanes of at least 4 members (excludes halogenated alkanes) is 5. The van der Waals surface area contributed by atoms with Crippen LogP contribution in [0.5, 0.6) is 0 Å². The summed E-state index contributed by atoms with van der Waals surface area (Å²) >= 11 is 0. The van der Waals surface area contributed by atoms with Crippen LogP contribution in [0, 0.1) is 5.41 Å². The van der Waals surface area contributed by atoms with Gasteiger partial charge in [-0.3, -0.25) is 0 Å². The Balaban J connectivity index is 3.74. The molecule has 0 unspecified atom stereocenters. The molecule has 0 aromatic carbocycles. The number of ether oxygens (including phenoxy) is 1. The first-order valence-corrected chi connectivity index (χ1v) is 6.92. The van der Waals surface area contributed by atoms with E-state index in [1.54, 1.807) is 0 Å². The van der Waals surface area contributed by atoms with Crippen LogP contribution in [-0.2, 0) is 4.74 Å². The molecule has 0 bridgehead atoms. The van der Waals surface area contributed by atoms with Crippen LogP contribution in [0.2, 0.25) is 0 Å². The second-order valence-corrected chi connectivity index (χ2v) is 6.12. The van der Waals surface area contributed by atoms with Crippen LogP contribution in [0.3, 0.4) is 0 Å². The van der Waals surface area contributed by atoms with Crippen molar-refractivity contribution in [1.82, 2.24) is 0 Å². The first kappa shape index (κ1) is 16.0. The van der Waals surface area contributed by atoms with Crippen LogP contribution < -0.4 is 0 Å². The van der Waals surface area contributed by atoms with Crippen LogP contribution >= 0.6 is 0 Å². The maximum atomic E-state index is 5.60. The predicted molar refractivity (Wildman–Crippen MR) is 72.9 cm³/mol. The van der Waals surface area contributed by atoms with Gasteiger partial charge in [-0.05, 0) is 25.7 Å². The Morgan fingerprint density at radius 1 is 0.812 bits per heavy atom. The maximum absolute atomic E-state index is 5.60. The van der Waals surface area contributed by atoms with Crippen molar-refractivity contribution in [3.8, 4) is 0 Å². The fourth-order valence-corrected chi connectivity index (χ4v) is 1.92. The Morgan fingerprint density at radius 2 is 1.31 bits per heavy atom. The standard InChI is InChI=1S/C15H32O/c1-7-8-9-10-11-12-13-14(2,3)15(4,5)16-6/h7-13H2,1-6H3. The van der Waals surface area contributed by atoms with Crippen LogP contribution in [0.25, 0.3) is 0 Å². The van der Waals surface area contributed by atoms with Gasteiger partial charge >= 0.3 is 0 Å². The minimum atomic E-state index is -0.0174. The third kappa shape index (κ3) is 5.34. The van der Waals surface area contributed by atoms with E-state index in [9.17, 15) is 0 Å². The molecule has 0 radical (unpaired) electrons. The Morgan fingerprint density at radius 3 is 1.81 bits per heavy atom. The van der Waals surface area contributed by atoms with Gasteiger partial charge in [0.2, 0.25) is 0 Å². The highest BCUT2D eigenvalue weighted by Crippen LogP contribution is 2.37. The lowest BCUT2D eigenvalue weighted by Crippen LogP contribution is -2.40. The number of hydrogen-bond donors (Lipinski definition) is 0. The zero-order chi connectivity index (χ0) is 12.7. The molecule has 0 amide bonds. The van der Waals surface area contributed by atoms with E-state index >= 15 is 0 Å². The summed E-state index contributed by atoms with van der Waals surface area (Å²) in [4.78, 5) is 0. The van der Waals surface area contributed by atoms with Crippen LogP contribution in [0.1, 0.15) is 79.6 Å². The van der Waals surface area contributed by atoms with E-state index < -0.39 is 0 Å². The Bertz CT molecular complexity index is 170. The average Bonchev–Trinajstić information content (AvgIpc) is 2.23. The van der Waals surface area contributed by atoms with E-state index in [1.807, 2.05) is 7.11 Å². The van der Waals surface area contributed by atoms with Gasteiger partial charge in [-0.25, -0.2) is 0 Å². The van der Waals surface area contributed by atoms with E-state index in [2.05, 4.69) is 34.6 Å². The smallest absolute Gasteiger partial charge is 0.0673 e. The molecule has 0 aliphatic carbocycles. The zero-order valence-electron chi connectivity index (χ0n) is 12.4. The summed E-state index contributed by atoms with van der Waals surface area (Å²) in [5.74, 6) is 0. The second-order valence-electron chi connectivity index (χ2n) is 6.12. The highest BCUT2D eigenvalue weighted by molar-refractivity contribution is 4.87. The van der Waals surface area contributed by atoms with Crippen molar-refractivity contribution in [2.75, 3.05) is 7.11 Å². The minimum absolute atomic E-state index is 0.0174. The summed E-state index contributed by atoms with van der Waals surface area (Å²) in [6.45, 7) is 11.3. The van der Waals surface area contributed by atoms with Crippen LogP contribution in [0.4, 0.5) is 0 Å². The largest absolute Gasteiger partial charge is 0.378 e. The number of methoxy groups -OCH3 is 1. The van der Waals surface area contributed by atoms with Crippen molar-refractivity contribution in [2.45, 2.75) is 85.2 Å². The average molecular weight is 228 g/mol. The summed E-state index contributed by atoms with van der Waals surface area (Å²) in [5, 5.41) is 0. The van der Waals surface area contributed by atoms with Crippen molar-refractivity contribution in [3.05, 3.63) is 0 Å². The van der Waals surface area contributed by atoms with Gasteiger partial charge in [0.05, 0.1) is 5.60 Å². The van der Waals surface area contributed by atoms with E-state index in [-0.39, 0.29) is 11.0 Å². The van der Waals surface area contributed by atoms with Crippen LogP contribution in [0.15, 0.2) is 0 Å². The lowest BCUT2D eigenvalue weighted by molar-refractivity contribution is -0.0753. The molecule has 0 heterocycles. The Kier molecular flexibility index (Phi) is 7.30. The van der Waals surface area contributed by atoms with Gasteiger partial charge in [0.15, 0.2) is 0 Å². The van der Waals surface area contributed by atoms with Gasteiger partial charge in [0, 0.05) is 7.11 Å². The molecule has 0 saturated heterocycles. The van der Waals surface area contributed by atoms with Crippen molar-refractivity contribution in [3.63, 3.8) is 0 Å². The first-order valence-electron chi connectivity index (χ1n) is 6.92. The summed E-state index contributed by atoms with van der Waals surface area (Å²) in [6, 6.07) is 0. The normalized spacial score (nSPS) is 13.1. The molecule has 1 nitrogen and oxygen atoms in total. The van der Waals surface area contributed by atoms with E-state index in [4.69, 9.17) is 4.74 Å². The van der Waals surface area contributed by atoms with Crippen molar-refractivity contribution >= 4 is 0 Å². The van der Waals surface area contributed by atoms with Crippen molar-refractivity contribution in [2.24, 2.45) is 5.41 Å². The third-order valence-electron chi connectivity index (χ3n) is 4.30. The number of hydrogen-bond acceptors (Lipinski definition) is 1. The predicted octanol–water partition coefficient (Wildman–Crippen LogP) is 5.19. The topological polar surface area (TPSA) is 9.23 Å².